The molecule has 1 aliphatic heterocycles. The lowest BCUT2D eigenvalue weighted by molar-refractivity contribution is 0.0361. The summed E-state index contributed by atoms with van der Waals surface area (Å²) in [5.74, 6) is 0.921. The molecule has 29 heavy (non-hydrogen) atoms. The Morgan fingerprint density at radius 1 is 1.17 bits per heavy atom. The fourth-order valence-electron chi connectivity index (χ4n) is 3.55. The maximum Gasteiger partial charge on any atom is 0.277 e. The number of hydrogen-bond donors (Lipinski definition) is 1. The first kappa shape index (κ1) is 19.4. The molecule has 1 saturated heterocycles. The van der Waals surface area contributed by atoms with E-state index in [9.17, 15) is 4.79 Å². The molecule has 1 aromatic carbocycles. The van der Waals surface area contributed by atoms with Gasteiger partial charge in [0.05, 0.1) is 26.9 Å². The second-order valence-electron chi connectivity index (χ2n) is 7.00. The summed E-state index contributed by atoms with van der Waals surface area (Å²) < 4.78 is 12.8. The van der Waals surface area contributed by atoms with Gasteiger partial charge in [0.15, 0.2) is 5.69 Å². The zero-order chi connectivity index (χ0) is 20.2. The quantitative estimate of drug-likeness (QED) is 0.690. The maximum atomic E-state index is 13.0. The lowest BCUT2D eigenvalue weighted by Crippen LogP contribution is -2.38. The van der Waals surface area contributed by atoms with Gasteiger partial charge in [0, 0.05) is 30.7 Å². The molecule has 4 rings (SSSR count). The maximum absolute atomic E-state index is 13.0. The summed E-state index contributed by atoms with van der Waals surface area (Å²) in [6.07, 6.45) is 0. The number of carbonyl (C=O) groups is 1. The highest BCUT2D eigenvalue weighted by molar-refractivity contribution is 6.11. The van der Waals surface area contributed by atoms with E-state index in [0.29, 0.717) is 23.8 Å². The van der Waals surface area contributed by atoms with Gasteiger partial charge in [-0.25, -0.2) is 4.98 Å². The first-order valence-electron chi connectivity index (χ1n) is 9.74. The number of fused-ring (bicyclic) bond motifs is 1. The Kier molecular flexibility index (Phi) is 5.73. The molecule has 0 spiro atoms. The highest BCUT2D eigenvalue weighted by atomic mass is 16.5. The van der Waals surface area contributed by atoms with Crippen LogP contribution < -0.4 is 10.1 Å². The topological polar surface area (TPSA) is 81.5 Å². The summed E-state index contributed by atoms with van der Waals surface area (Å²) in [6, 6.07) is 11.2. The number of carbonyl (C=O) groups excluding carboxylic acids is 1. The van der Waals surface area contributed by atoms with Crippen LogP contribution in [0.1, 0.15) is 16.2 Å². The number of aromatic nitrogens is 3. The molecule has 8 nitrogen and oxygen atoms in total. The number of nitrogens with zero attached hydrogens (tertiary/aromatic N) is 4. The second-order valence-corrected chi connectivity index (χ2v) is 7.00. The molecule has 1 fully saturated rings. The van der Waals surface area contributed by atoms with Crippen LogP contribution in [-0.4, -0.2) is 65.5 Å². The van der Waals surface area contributed by atoms with Crippen LogP contribution in [0.15, 0.2) is 36.4 Å². The van der Waals surface area contributed by atoms with Gasteiger partial charge in [0.25, 0.3) is 5.91 Å². The number of amides is 1. The number of methoxy groups -OCH3 is 1. The third-order valence-corrected chi connectivity index (χ3v) is 5.03. The fraction of sp³-hybridized carbons (Fsp3) is 0.381. The fourth-order valence-corrected chi connectivity index (χ4v) is 3.55. The zero-order valence-electron chi connectivity index (χ0n) is 16.7. The van der Waals surface area contributed by atoms with Crippen LogP contribution in [0.5, 0.6) is 5.75 Å². The molecule has 8 heteroatoms. The van der Waals surface area contributed by atoms with Gasteiger partial charge in [-0.3, -0.25) is 14.4 Å². The van der Waals surface area contributed by atoms with Gasteiger partial charge in [-0.2, -0.15) is 5.10 Å². The van der Waals surface area contributed by atoms with Gasteiger partial charge in [0.2, 0.25) is 0 Å². The van der Waals surface area contributed by atoms with E-state index >= 15 is 0 Å². The number of hydrogen-bond acceptors (Lipinski definition) is 6. The summed E-state index contributed by atoms with van der Waals surface area (Å²) in [5.41, 5.74) is 2.03. The third-order valence-electron chi connectivity index (χ3n) is 5.03. The predicted octanol–water partition coefficient (Wildman–Crippen LogP) is 2.33. The van der Waals surface area contributed by atoms with Crippen molar-refractivity contribution in [2.45, 2.75) is 13.5 Å². The Labute approximate surface area is 169 Å². The van der Waals surface area contributed by atoms with Crippen molar-refractivity contribution < 1.29 is 14.3 Å². The largest absolute Gasteiger partial charge is 0.494 e. The Bertz CT molecular complexity index is 1010. The minimum Gasteiger partial charge on any atom is -0.494 e. The van der Waals surface area contributed by atoms with Crippen LogP contribution in [0.4, 0.5) is 5.82 Å². The van der Waals surface area contributed by atoms with Gasteiger partial charge in [-0.05, 0) is 25.1 Å². The number of pyridine rings is 1. The summed E-state index contributed by atoms with van der Waals surface area (Å²) >= 11 is 0. The van der Waals surface area contributed by atoms with Crippen molar-refractivity contribution in [2.75, 3.05) is 45.3 Å². The molecule has 0 aliphatic carbocycles. The minimum atomic E-state index is -0.286. The average Bonchev–Trinajstić information content (AvgIpc) is 3.12. The number of ether oxygens (including phenoxy) is 2. The smallest absolute Gasteiger partial charge is 0.277 e. The molecule has 1 N–H and O–H groups in total. The highest BCUT2D eigenvalue weighted by Crippen LogP contribution is 2.28. The first-order chi connectivity index (χ1) is 14.2. The Balaban J connectivity index is 1.64. The van der Waals surface area contributed by atoms with E-state index in [1.165, 1.54) is 0 Å². The lowest BCUT2D eigenvalue weighted by atomic mass is 10.2. The van der Waals surface area contributed by atoms with Crippen molar-refractivity contribution in [3.05, 3.63) is 47.8 Å². The number of nitrogens with one attached hydrogen (secondary N) is 1. The van der Waals surface area contributed by atoms with Gasteiger partial charge in [-0.15, -0.1) is 0 Å². The molecule has 3 heterocycles. The summed E-state index contributed by atoms with van der Waals surface area (Å²) in [6.45, 7) is 6.69. The van der Waals surface area contributed by atoms with Crippen LogP contribution in [0, 0.1) is 6.92 Å². The molecule has 0 bridgehead atoms. The predicted molar refractivity (Wildman–Crippen MR) is 110 cm³/mol. The van der Waals surface area contributed by atoms with Crippen LogP contribution >= 0.6 is 0 Å². The Hall–Kier alpha value is -2.97. The van der Waals surface area contributed by atoms with E-state index in [2.05, 4.69) is 20.3 Å². The number of rotatable bonds is 6. The zero-order valence-corrected chi connectivity index (χ0v) is 16.7. The molecule has 1 aliphatic rings. The van der Waals surface area contributed by atoms with E-state index in [1.807, 2.05) is 41.9 Å². The number of anilines is 1. The summed E-state index contributed by atoms with van der Waals surface area (Å²) in [4.78, 5) is 19.6. The molecular formula is C21H25N5O3. The van der Waals surface area contributed by atoms with Crippen LogP contribution in [0.3, 0.4) is 0 Å². The monoisotopic (exact) mass is 395 g/mol. The van der Waals surface area contributed by atoms with Gasteiger partial charge in [-0.1, -0.05) is 18.2 Å². The molecule has 2 aromatic heterocycles. The van der Waals surface area contributed by atoms with Gasteiger partial charge >= 0.3 is 0 Å². The van der Waals surface area contributed by atoms with Gasteiger partial charge in [0.1, 0.15) is 17.1 Å². The molecular weight excluding hydrogens is 370 g/mol. The average molecular weight is 395 g/mol. The van der Waals surface area contributed by atoms with E-state index in [1.54, 1.807) is 13.2 Å². The molecule has 0 saturated carbocycles. The molecule has 1 amide bonds. The molecule has 0 unspecified atom stereocenters. The van der Waals surface area contributed by atoms with E-state index in [0.717, 1.165) is 49.4 Å². The lowest BCUT2D eigenvalue weighted by Gasteiger charge is -2.26. The SMILES string of the molecule is COc1cccc2c(C(=O)Nc3cccc(C)n3)nn(CCN3CCOCC3)c12. The van der Waals surface area contributed by atoms with E-state index in [4.69, 9.17) is 9.47 Å². The third kappa shape index (κ3) is 4.23. The van der Waals surface area contributed by atoms with Crippen molar-refractivity contribution in [3.63, 3.8) is 0 Å². The van der Waals surface area contributed by atoms with E-state index in [-0.39, 0.29) is 5.91 Å². The first-order valence-corrected chi connectivity index (χ1v) is 9.74. The Morgan fingerprint density at radius 2 is 1.97 bits per heavy atom. The van der Waals surface area contributed by atoms with Crippen molar-refractivity contribution in [1.29, 1.82) is 0 Å². The summed E-state index contributed by atoms with van der Waals surface area (Å²) in [7, 11) is 1.63. The number of aryl methyl sites for hydroxylation is 1. The summed E-state index contributed by atoms with van der Waals surface area (Å²) in [5, 5.41) is 8.25. The minimum absolute atomic E-state index is 0.286. The van der Waals surface area contributed by atoms with Gasteiger partial charge < -0.3 is 14.8 Å². The number of para-hydroxylation sites is 1. The number of morpholine rings is 1. The standard InChI is InChI=1S/C21H25N5O3/c1-15-5-3-8-18(22-15)23-21(27)19-16-6-4-7-17(28-2)20(16)26(24-19)10-9-25-11-13-29-14-12-25/h3-8H,9-14H2,1-2H3,(H,22,23,27). The highest BCUT2D eigenvalue weighted by Gasteiger charge is 2.21. The number of benzene rings is 1. The van der Waals surface area contributed by atoms with Crippen molar-refractivity contribution in [3.8, 4) is 5.75 Å². The van der Waals surface area contributed by atoms with Crippen LogP contribution in [0.25, 0.3) is 10.9 Å². The van der Waals surface area contributed by atoms with Crippen LogP contribution in [-0.2, 0) is 11.3 Å². The van der Waals surface area contributed by atoms with E-state index < -0.39 is 0 Å². The molecule has 0 radical (unpaired) electrons. The molecule has 152 valence electrons. The van der Waals surface area contributed by atoms with Crippen LogP contribution in [0.2, 0.25) is 0 Å². The second kappa shape index (κ2) is 8.59. The Morgan fingerprint density at radius 3 is 2.72 bits per heavy atom. The normalized spacial score (nSPS) is 14.8. The molecule has 3 aromatic rings. The van der Waals surface area contributed by atoms with Crippen molar-refractivity contribution >= 4 is 22.6 Å². The molecule has 0 atom stereocenters. The van der Waals surface area contributed by atoms with Crippen molar-refractivity contribution in [1.82, 2.24) is 19.7 Å². The van der Waals surface area contributed by atoms with Crippen molar-refractivity contribution in [2.24, 2.45) is 0 Å².